The van der Waals surface area contributed by atoms with Crippen LogP contribution in [-0.2, 0) is 26.1 Å². The average molecular weight is 499 g/mol. The van der Waals surface area contributed by atoms with Gasteiger partial charge in [0.15, 0.2) is 0 Å². The van der Waals surface area contributed by atoms with E-state index in [2.05, 4.69) is 0 Å². The van der Waals surface area contributed by atoms with Gasteiger partial charge in [0.1, 0.15) is 11.4 Å². The molecular formula is C22H24Cl2N2O5S. The molecule has 1 aliphatic heterocycles. The van der Waals surface area contributed by atoms with Crippen molar-refractivity contribution >= 4 is 45.1 Å². The van der Waals surface area contributed by atoms with Crippen LogP contribution in [0.15, 0.2) is 47.4 Å². The van der Waals surface area contributed by atoms with Crippen molar-refractivity contribution in [3.05, 3.63) is 63.6 Å². The number of halogens is 2. The fraction of sp³-hybridized carbons (Fsp3) is 0.364. The monoisotopic (exact) mass is 498 g/mol. The van der Waals surface area contributed by atoms with Gasteiger partial charge in [-0.3, -0.25) is 9.59 Å². The summed E-state index contributed by atoms with van der Waals surface area (Å²) in [5.41, 5.74) is 0.865. The van der Waals surface area contributed by atoms with Gasteiger partial charge in [-0.25, -0.2) is 8.42 Å². The van der Waals surface area contributed by atoms with Gasteiger partial charge in [-0.1, -0.05) is 41.8 Å². The number of hydrogen-bond acceptors (Lipinski definition) is 5. The van der Waals surface area contributed by atoms with Crippen LogP contribution in [0.4, 0.5) is 0 Å². The van der Waals surface area contributed by atoms with E-state index in [1.807, 2.05) is 0 Å². The number of esters is 1. The lowest BCUT2D eigenvalue weighted by Crippen LogP contribution is -2.37. The van der Waals surface area contributed by atoms with Gasteiger partial charge in [-0.15, -0.1) is 0 Å². The Balaban J connectivity index is 1.92. The number of benzene rings is 2. The van der Waals surface area contributed by atoms with E-state index in [4.69, 9.17) is 27.9 Å². The highest BCUT2D eigenvalue weighted by Gasteiger charge is 2.29. The van der Waals surface area contributed by atoms with Gasteiger partial charge in [0.25, 0.3) is 5.91 Å². The number of carbonyl (C=O) groups excluding carboxylic acids is 2. The Bertz CT molecular complexity index is 1080. The molecule has 32 heavy (non-hydrogen) atoms. The van der Waals surface area contributed by atoms with Crippen LogP contribution in [0.3, 0.4) is 0 Å². The summed E-state index contributed by atoms with van der Waals surface area (Å²) in [6, 6.07) is 11.0. The summed E-state index contributed by atoms with van der Waals surface area (Å²) in [7, 11) is -2.61. The summed E-state index contributed by atoms with van der Waals surface area (Å²) in [4.78, 5) is 26.4. The lowest BCUT2D eigenvalue weighted by molar-refractivity contribution is -0.141. The molecule has 2 aromatic carbocycles. The third-order valence-corrected chi connectivity index (χ3v) is 7.86. The molecule has 3 rings (SSSR count). The zero-order valence-electron chi connectivity index (χ0n) is 17.6. The number of sulfonamides is 1. The van der Waals surface area contributed by atoms with Crippen molar-refractivity contribution in [2.24, 2.45) is 0 Å². The Morgan fingerprint density at radius 1 is 1.03 bits per heavy atom. The van der Waals surface area contributed by atoms with Crippen LogP contribution in [0.2, 0.25) is 10.0 Å². The number of carbonyl (C=O) groups is 2. The largest absolute Gasteiger partial charge is 0.468 e. The lowest BCUT2D eigenvalue weighted by atomic mass is 10.1. The van der Waals surface area contributed by atoms with Gasteiger partial charge in [0.05, 0.1) is 12.1 Å². The Morgan fingerprint density at radius 2 is 1.69 bits per heavy atom. The molecule has 172 valence electrons. The molecule has 0 aliphatic carbocycles. The van der Waals surface area contributed by atoms with Crippen molar-refractivity contribution in [3.63, 3.8) is 0 Å². The van der Waals surface area contributed by atoms with E-state index in [1.165, 1.54) is 34.5 Å². The molecule has 0 radical (unpaired) electrons. The SMILES string of the molecule is COC(=O)CN(Cc1ccc(Cl)cc1)C(=O)c1ccc(Cl)c(S(=O)(=O)N2CCCCC2)c1. The van der Waals surface area contributed by atoms with E-state index in [1.54, 1.807) is 24.3 Å². The molecule has 0 unspecified atom stereocenters. The summed E-state index contributed by atoms with van der Waals surface area (Å²) in [5.74, 6) is -1.11. The van der Waals surface area contributed by atoms with Crippen LogP contribution in [0.25, 0.3) is 0 Å². The van der Waals surface area contributed by atoms with E-state index in [0.29, 0.717) is 18.1 Å². The molecule has 0 aromatic heterocycles. The van der Waals surface area contributed by atoms with Crippen molar-refractivity contribution in [2.45, 2.75) is 30.7 Å². The molecule has 7 nitrogen and oxygen atoms in total. The van der Waals surface area contributed by atoms with Crippen molar-refractivity contribution in [1.29, 1.82) is 0 Å². The first-order valence-corrected chi connectivity index (χ1v) is 12.3. The van der Waals surface area contributed by atoms with Gasteiger partial charge in [0.2, 0.25) is 10.0 Å². The van der Waals surface area contributed by atoms with Gasteiger partial charge >= 0.3 is 5.97 Å². The molecule has 2 aromatic rings. The maximum absolute atomic E-state index is 13.3. The van der Waals surface area contributed by atoms with Crippen molar-refractivity contribution < 1.29 is 22.7 Å². The first kappa shape index (κ1) is 24.5. The standard InChI is InChI=1S/C22H24Cl2N2O5S/c1-31-21(27)15-25(14-16-5-8-18(23)9-6-16)22(28)17-7-10-19(24)20(13-17)32(29,30)26-11-3-2-4-12-26/h5-10,13H,2-4,11-12,14-15H2,1H3. The molecule has 0 saturated carbocycles. The van der Waals surface area contributed by atoms with Gasteiger partial charge in [-0.2, -0.15) is 4.31 Å². The highest BCUT2D eigenvalue weighted by Crippen LogP contribution is 2.28. The minimum atomic E-state index is -3.84. The summed E-state index contributed by atoms with van der Waals surface area (Å²) < 4.78 is 32.4. The molecule has 1 saturated heterocycles. The summed E-state index contributed by atoms with van der Waals surface area (Å²) in [5, 5.41) is 0.592. The van der Waals surface area contributed by atoms with Crippen LogP contribution >= 0.6 is 23.2 Å². The molecule has 0 bridgehead atoms. The normalized spacial score (nSPS) is 14.7. The molecule has 0 atom stereocenters. The third kappa shape index (κ3) is 5.81. The van der Waals surface area contributed by atoms with Crippen molar-refractivity contribution in [2.75, 3.05) is 26.7 Å². The second-order valence-corrected chi connectivity index (χ2v) is 10.2. The van der Waals surface area contributed by atoms with Crippen LogP contribution in [0, 0.1) is 0 Å². The zero-order valence-corrected chi connectivity index (χ0v) is 19.9. The first-order chi connectivity index (χ1) is 15.2. The Labute approximate surface area is 197 Å². The Hall–Kier alpha value is -2.13. The summed E-state index contributed by atoms with van der Waals surface area (Å²) in [6.45, 7) is 0.653. The van der Waals surface area contributed by atoms with Crippen molar-refractivity contribution in [1.82, 2.24) is 9.21 Å². The zero-order chi connectivity index (χ0) is 23.3. The average Bonchev–Trinajstić information content (AvgIpc) is 2.80. The van der Waals surface area contributed by atoms with Crippen LogP contribution in [0.5, 0.6) is 0 Å². The number of amides is 1. The third-order valence-electron chi connectivity index (χ3n) is 5.23. The summed E-state index contributed by atoms with van der Waals surface area (Å²) >= 11 is 12.1. The Morgan fingerprint density at radius 3 is 2.31 bits per heavy atom. The van der Waals surface area contributed by atoms with Crippen LogP contribution in [0.1, 0.15) is 35.2 Å². The summed E-state index contributed by atoms with van der Waals surface area (Å²) in [6.07, 6.45) is 2.54. The van der Waals surface area contributed by atoms with E-state index in [-0.39, 0.29) is 28.6 Å². The van der Waals surface area contributed by atoms with Crippen LogP contribution < -0.4 is 0 Å². The number of rotatable bonds is 7. The molecule has 1 fully saturated rings. The van der Waals surface area contributed by atoms with E-state index >= 15 is 0 Å². The lowest BCUT2D eigenvalue weighted by Gasteiger charge is -2.27. The maximum atomic E-state index is 13.3. The topological polar surface area (TPSA) is 84.0 Å². The molecule has 1 aliphatic rings. The van der Waals surface area contributed by atoms with Gasteiger partial charge in [0, 0.05) is 30.2 Å². The molecule has 1 heterocycles. The number of piperidine rings is 1. The number of methoxy groups -OCH3 is 1. The van der Waals surface area contributed by atoms with E-state index in [0.717, 1.165) is 24.8 Å². The highest BCUT2D eigenvalue weighted by molar-refractivity contribution is 7.89. The van der Waals surface area contributed by atoms with Gasteiger partial charge < -0.3 is 9.64 Å². The molecule has 0 spiro atoms. The molecule has 1 amide bonds. The van der Waals surface area contributed by atoms with E-state index < -0.39 is 21.9 Å². The Kier molecular flexibility index (Phi) is 8.16. The number of ether oxygens (including phenoxy) is 1. The molecule has 0 N–H and O–H groups in total. The predicted octanol–water partition coefficient (Wildman–Crippen LogP) is 3.98. The maximum Gasteiger partial charge on any atom is 0.325 e. The van der Waals surface area contributed by atoms with Crippen LogP contribution in [-0.4, -0.2) is 56.2 Å². The minimum absolute atomic E-state index is 0.0457. The quantitative estimate of drug-likeness (QED) is 0.539. The van der Waals surface area contributed by atoms with E-state index in [9.17, 15) is 18.0 Å². The second kappa shape index (κ2) is 10.7. The van der Waals surface area contributed by atoms with Gasteiger partial charge in [-0.05, 0) is 48.7 Å². The number of nitrogens with zero attached hydrogens (tertiary/aromatic N) is 2. The smallest absolute Gasteiger partial charge is 0.325 e. The minimum Gasteiger partial charge on any atom is -0.468 e. The first-order valence-electron chi connectivity index (χ1n) is 10.1. The fourth-order valence-electron chi connectivity index (χ4n) is 3.49. The molecule has 10 heteroatoms. The second-order valence-electron chi connectivity index (χ2n) is 7.47. The predicted molar refractivity (Wildman–Crippen MR) is 122 cm³/mol. The van der Waals surface area contributed by atoms with Crippen molar-refractivity contribution in [3.8, 4) is 0 Å². The highest BCUT2D eigenvalue weighted by atomic mass is 35.5. The fourth-order valence-corrected chi connectivity index (χ4v) is 5.63. The number of hydrogen-bond donors (Lipinski definition) is 0. The molecular weight excluding hydrogens is 475 g/mol.